The fourth-order valence-electron chi connectivity index (χ4n) is 3.39. The first-order chi connectivity index (χ1) is 10.8. The highest BCUT2D eigenvalue weighted by atomic mass is 16.5. The minimum Gasteiger partial charge on any atom is -0.381 e. The second-order valence-electron chi connectivity index (χ2n) is 6.40. The number of ether oxygens (including phenoxy) is 1. The van der Waals surface area contributed by atoms with Crippen LogP contribution in [0.3, 0.4) is 0 Å². The number of nitrogens with zero attached hydrogens (tertiary/aromatic N) is 2. The molecule has 22 heavy (non-hydrogen) atoms. The zero-order valence-corrected chi connectivity index (χ0v) is 13.7. The maximum Gasteiger partial charge on any atom is 0.193 e. The average Bonchev–Trinajstić information content (AvgIpc) is 3.00. The van der Waals surface area contributed by atoms with Gasteiger partial charge in [-0.3, -0.25) is 4.99 Å². The smallest absolute Gasteiger partial charge is 0.193 e. The highest BCUT2D eigenvalue weighted by Gasteiger charge is 2.25. The van der Waals surface area contributed by atoms with Crippen LogP contribution in [-0.4, -0.2) is 50.8 Å². The van der Waals surface area contributed by atoms with Crippen LogP contribution in [0, 0.1) is 5.92 Å². The van der Waals surface area contributed by atoms with Crippen molar-refractivity contribution in [2.24, 2.45) is 10.9 Å². The summed E-state index contributed by atoms with van der Waals surface area (Å²) in [5.41, 5.74) is 2.97. The van der Waals surface area contributed by atoms with Crippen LogP contribution in [0.1, 0.15) is 30.4 Å². The number of hydrogen-bond acceptors (Lipinski definition) is 2. The Labute approximate surface area is 133 Å². The van der Waals surface area contributed by atoms with Crippen molar-refractivity contribution in [2.45, 2.75) is 25.7 Å². The molecule has 4 heteroatoms. The molecule has 1 aromatic carbocycles. The Morgan fingerprint density at radius 1 is 1.41 bits per heavy atom. The number of benzene rings is 1. The lowest BCUT2D eigenvalue weighted by molar-refractivity contribution is 0.181. The second-order valence-corrected chi connectivity index (χ2v) is 6.40. The monoisotopic (exact) mass is 301 g/mol. The molecule has 1 saturated heterocycles. The molecule has 1 fully saturated rings. The van der Waals surface area contributed by atoms with Crippen LogP contribution in [0.15, 0.2) is 29.3 Å². The summed E-state index contributed by atoms with van der Waals surface area (Å²) in [6.45, 7) is 6.73. The molecule has 0 aromatic heterocycles. The van der Waals surface area contributed by atoms with E-state index in [0.717, 1.165) is 38.8 Å². The molecule has 0 spiro atoms. The van der Waals surface area contributed by atoms with Gasteiger partial charge < -0.3 is 15.0 Å². The predicted molar refractivity (Wildman–Crippen MR) is 90.4 cm³/mol. The molecule has 2 atom stereocenters. The maximum absolute atomic E-state index is 5.47. The number of rotatable bonds is 5. The van der Waals surface area contributed by atoms with Crippen LogP contribution in [0.4, 0.5) is 0 Å². The van der Waals surface area contributed by atoms with E-state index in [1.807, 2.05) is 0 Å². The summed E-state index contributed by atoms with van der Waals surface area (Å²) in [6, 6.07) is 8.73. The van der Waals surface area contributed by atoms with Gasteiger partial charge in [-0.25, -0.2) is 0 Å². The third-order valence-corrected chi connectivity index (χ3v) is 4.68. The first-order valence-corrected chi connectivity index (χ1v) is 8.43. The van der Waals surface area contributed by atoms with E-state index in [4.69, 9.17) is 9.73 Å². The van der Waals surface area contributed by atoms with Gasteiger partial charge in [-0.05, 0) is 30.9 Å². The first kappa shape index (κ1) is 15.3. The van der Waals surface area contributed by atoms with E-state index < -0.39 is 0 Å². The Kier molecular flexibility index (Phi) is 4.98. The van der Waals surface area contributed by atoms with Crippen LogP contribution >= 0.6 is 0 Å². The highest BCUT2D eigenvalue weighted by Crippen LogP contribution is 2.34. The summed E-state index contributed by atoms with van der Waals surface area (Å²) < 4.78 is 5.47. The third-order valence-electron chi connectivity index (χ3n) is 4.68. The second kappa shape index (κ2) is 7.14. The van der Waals surface area contributed by atoms with Crippen LogP contribution < -0.4 is 5.32 Å². The molecule has 120 valence electrons. The van der Waals surface area contributed by atoms with E-state index in [-0.39, 0.29) is 0 Å². The number of aliphatic imine (C=N–C) groups is 1. The van der Waals surface area contributed by atoms with Gasteiger partial charge in [0.1, 0.15) is 0 Å². The zero-order valence-electron chi connectivity index (χ0n) is 13.7. The fraction of sp³-hybridized carbons (Fsp3) is 0.611. The SMILES string of the molecule is CCNC(=NCC1Cc2ccccc21)N(C)CC1CCOC1. The Morgan fingerprint density at radius 3 is 3.00 bits per heavy atom. The van der Waals surface area contributed by atoms with Gasteiger partial charge in [0.2, 0.25) is 0 Å². The Bertz CT molecular complexity index is 523. The van der Waals surface area contributed by atoms with Crippen LogP contribution in [0.2, 0.25) is 0 Å². The number of fused-ring (bicyclic) bond motifs is 1. The van der Waals surface area contributed by atoms with Crippen molar-refractivity contribution < 1.29 is 4.74 Å². The molecular formula is C18H27N3O. The lowest BCUT2D eigenvalue weighted by Gasteiger charge is -2.30. The molecule has 0 amide bonds. The summed E-state index contributed by atoms with van der Waals surface area (Å²) >= 11 is 0. The topological polar surface area (TPSA) is 36.9 Å². The summed E-state index contributed by atoms with van der Waals surface area (Å²) in [7, 11) is 2.13. The van der Waals surface area contributed by atoms with Crippen molar-refractivity contribution in [1.82, 2.24) is 10.2 Å². The molecule has 0 bridgehead atoms. The van der Waals surface area contributed by atoms with E-state index in [1.54, 1.807) is 0 Å². The van der Waals surface area contributed by atoms with Gasteiger partial charge in [0, 0.05) is 45.1 Å². The standard InChI is InChI=1S/C18H27N3O/c1-3-19-18(21(2)12-14-8-9-22-13-14)20-11-16-10-15-6-4-5-7-17(15)16/h4-7,14,16H,3,8-13H2,1-2H3,(H,19,20). The van der Waals surface area contributed by atoms with Crippen LogP contribution in [0.25, 0.3) is 0 Å². The van der Waals surface area contributed by atoms with E-state index in [9.17, 15) is 0 Å². The van der Waals surface area contributed by atoms with Gasteiger partial charge in [0.25, 0.3) is 0 Å². The molecule has 1 heterocycles. The number of guanidine groups is 1. The Balaban J connectivity index is 1.58. The highest BCUT2D eigenvalue weighted by molar-refractivity contribution is 5.79. The fourth-order valence-corrected chi connectivity index (χ4v) is 3.39. The van der Waals surface area contributed by atoms with Gasteiger partial charge in [0.05, 0.1) is 6.61 Å². The van der Waals surface area contributed by atoms with E-state index >= 15 is 0 Å². The predicted octanol–water partition coefficient (Wildman–Crippen LogP) is 2.26. The van der Waals surface area contributed by atoms with Crippen molar-refractivity contribution in [2.75, 3.05) is 39.9 Å². The maximum atomic E-state index is 5.47. The summed E-state index contributed by atoms with van der Waals surface area (Å²) in [4.78, 5) is 7.12. The van der Waals surface area contributed by atoms with Crippen molar-refractivity contribution in [3.63, 3.8) is 0 Å². The van der Waals surface area contributed by atoms with Gasteiger partial charge in [-0.2, -0.15) is 0 Å². The summed E-state index contributed by atoms with van der Waals surface area (Å²) in [6.07, 6.45) is 2.33. The molecule has 4 nitrogen and oxygen atoms in total. The van der Waals surface area contributed by atoms with Crippen molar-refractivity contribution in [3.8, 4) is 0 Å². The Morgan fingerprint density at radius 2 is 2.27 bits per heavy atom. The molecular weight excluding hydrogens is 274 g/mol. The van der Waals surface area contributed by atoms with Gasteiger partial charge in [0.15, 0.2) is 5.96 Å². The van der Waals surface area contributed by atoms with E-state index in [2.05, 4.69) is 48.5 Å². The normalized spacial score (nSPS) is 23.8. The largest absolute Gasteiger partial charge is 0.381 e. The molecule has 0 radical (unpaired) electrons. The van der Waals surface area contributed by atoms with Crippen LogP contribution in [-0.2, 0) is 11.2 Å². The van der Waals surface area contributed by atoms with Crippen molar-refractivity contribution in [3.05, 3.63) is 35.4 Å². The quantitative estimate of drug-likeness (QED) is 0.669. The molecule has 0 saturated carbocycles. The van der Waals surface area contributed by atoms with Crippen LogP contribution in [0.5, 0.6) is 0 Å². The first-order valence-electron chi connectivity index (χ1n) is 8.43. The number of hydrogen-bond donors (Lipinski definition) is 1. The molecule has 2 aliphatic rings. The lowest BCUT2D eigenvalue weighted by Crippen LogP contribution is -2.42. The van der Waals surface area contributed by atoms with E-state index in [1.165, 1.54) is 24.0 Å². The number of nitrogens with one attached hydrogen (secondary N) is 1. The molecule has 1 N–H and O–H groups in total. The summed E-state index contributed by atoms with van der Waals surface area (Å²) in [5.74, 6) is 2.25. The third kappa shape index (κ3) is 3.43. The minimum absolute atomic E-state index is 0.591. The Hall–Kier alpha value is -1.55. The molecule has 3 rings (SSSR count). The van der Waals surface area contributed by atoms with Crippen molar-refractivity contribution >= 4 is 5.96 Å². The minimum atomic E-state index is 0.591. The molecule has 1 aromatic rings. The lowest BCUT2D eigenvalue weighted by atomic mass is 9.78. The molecule has 1 aliphatic carbocycles. The van der Waals surface area contributed by atoms with Crippen molar-refractivity contribution in [1.29, 1.82) is 0 Å². The van der Waals surface area contributed by atoms with Gasteiger partial charge >= 0.3 is 0 Å². The zero-order chi connectivity index (χ0) is 15.4. The average molecular weight is 301 g/mol. The summed E-state index contributed by atoms with van der Waals surface area (Å²) in [5, 5.41) is 3.42. The van der Waals surface area contributed by atoms with Gasteiger partial charge in [-0.1, -0.05) is 24.3 Å². The molecule has 2 unspecified atom stereocenters. The molecule has 1 aliphatic heterocycles. The van der Waals surface area contributed by atoms with E-state index in [0.29, 0.717) is 11.8 Å². The van der Waals surface area contributed by atoms with Gasteiger partial charge in [-0.15, -0.1) is 0 Å².